The van der Waals surface area contributed by atoms with Crippen molar-refractivity contribution >= 4 is 18.1 Å². The fourth-order valence-corrected chi connectivity index (χ4v) is 1.09. The number of halogens is 1. The van der Waals surface area contributed by atoms with E-state index in [2.05, 4.69) is 0 Å². The molecule has 0 aliphatic heterocycles. The molecule has 0 bridgehead atoms. The predicted molar refractivity (Wildman–Crippen MR) is 57.7 cm³/mol. The van der Waals surface area contributed by atoms with Crippen LogP contribution in [0.3, 0.4) is 0 Å². The van der Waals surface area contributed by atoms with Crippen LogP contribution < -0.4 is 5.73 Å². The molecule has 0 amide bonds. The second-order valence-electron chi connectivity index (χ2n) is 2.92. The summed E-state index contributed by atoms with van der Waals surface area (Å²) in [5.74, 6) is -1.49. The van der Waals surface area contributed by atoms with Crippen molar-refractivity contribution in [3.63, 3.8) is 0 Å². The molecule has 0 radical (unpaired) electrons. The van der Waals surface area contributed by atoms with Gasteiger partial charge in [-0.3, -0.25) is 10.1 Å². The molecule has 0 aliphatic rings. The Morgan fingerprint density at radius 1 is 1.44 bits per heavy atom. The molecular formula is C8H11ClN2O5. The van der Waals surface area contributed by atoms with Gasteiger partial charge in [0.1, 0.15) is 0 Å². The van der Waals surface area contributed by atoms with E-state index < -0.39 is 28.2 Å². The maximum absolute atomic E-state index is 10.5. The first-order valence-corrected chi connectivity index (χ1v) is 4.05. The molecule has 5 N–H and O–H groups in total. The third-order valence-corrected chi connectivity index (χ3v) is 1.90. The highest BCUT2D eigenvalue weighted by atomic mass is 35.5. The average Bonchev–Trinajstić information content (AvgIpc) is 2.20. The first-order valence-electron chi connectivity index (χ1n) is 4.05. The molecule has 1 atom stereocenters. The molecule has 0 heterocycles. The molecule has 0 aliphatic carbocycles. The van der Waals surface area contributed by atoms with Crippen LogP contribution in [0.2, 0.25) is 0 Å². The van der Waals surface area contributed by atoms with E-state index in [1.807, 2.05) is 0 Å². The molecule has 8 heteroatoms. The molecule has 1 aromatic rings. The topological polar surface area (TPSA) is 130 Å². The van der Waals surface area contributed by atoms with Gasteiger partial charge in [-0.1, -0.05) is 0 Å². The standard InChI is InChI=1S/C8H10N2O5.ClH/c9-3-7(12)4-1-5(10(14)15)8(13)6(11)2-4;/h1-2,7,11-13H,3,9H2;1H/t7-;/m0./s1. The summed E-state index contributed by atoms with van der Waals surface area (Å²) in [5.41, 5.74) is 4.57. The Bertz CT molecular complexity index is 398. The van der Waals surface area contributed by atoms with Crippen molar-refractivity contribution in [3.8, 4) is 11.5 Å². The van der Waals surface area contributed by atoms with Gasteiger partial charge in [-0.15, -0.1) is 12.4 Å². The first kappa shape index (κ1) is 14.4. The number of nitro benzene ring substituents is 1. The number of aliphatic hydroxyl groups is 1. The summed E-state index contributed by atoms with van der Waals surface area (Å²) in [6.07, 6.45) is -1.12. The van der Waals surface area contributed by atoms with Crippen LogP contribution >= 0.6 is 12.4 Å². The van der Waals surface area contributed by atoms with Gasteiger partial charge in [0.05, 0.1) is 11.0 Å². The van der Waals surface area contributed by atoms with Gasteiger partial charge in [0, 0.05) is 12.6 Å². The minimum absolute atomic E-state index is 0. The number of rotatable bonds is 3. The van der Waals surface area contributed by atoms with Gasteiger partial charge in [-0.05, 0) is 11.6 Å². The van der Waals surface area contributed by atoms with E-state index in [-0.39, 0.29) is 24.5 Å². The molecule has 0 saturated heterocycles. The SMILES string of the molecule is Cl.NC[C@H](O)c1cc(O)c(O)c([N+](=O)[O-])c1. The number of aromatic hydroxyl groups is 2. The molecule has 7 nitrogen and oxygen atoms in total. The molecular weight excluding hydrogens is 240 g/mol. The van der Waals surface area contributed by atoms with Crippen molar-refractivity contribution in [2.45, 2.75) is 6.10 Å². The van der Waals surface area contributed by atoms with Crippen LogP contribution in [0.1, 0.15) is 11.7 Å². The Hall–Kier alpha value is -1.57. The minimum atomic E-state index is -1.12. The summed E-state index contributed by atoms with van der Waals surface area (Å²) in [6, 6.07) is 1.99. The highest BCUT2D eigenvalue weighted by Crippen LogP contribution is 2.37. The highest BCUT2D eigenvalue weighted by Gasteiger charge is 2.20. The van der Waals surface area contributed by atoms with Gasteiger partial charge in [0.2, 0.25) is 5.75 Å². The van der Waals surface area contributed by atoms with Gasteiger partial charge in [0.25, 0.3) is 0 Å². The number of hydrogen-bond donors (Lipinski definition) is 4. The maximum atomic E-state index is 10.5. The fourth-order valence-electron chi connectivity index (χ4n) is 1.09. The maximum Gasteiger partial charge on any atom is 0.315 e. The number of hydrogen-bond acceptors (Lipinski definition) is 6. The molecule has 0 aromatic heterocycles. The Labute approximate surface area is 96.7 Å². The number of benzene rings is 1. The van der Waals surface area contributed by atoms with E-state index >= 15 is 0 Å². The molecule has 0 saturated carbocycles. The van der Waals surface area contributed by atoms with Crippen LogP contribution in [-0.4, -0.2) is 26.8 Å². The van der Waals surface area contributed by atoms with Crippen molar-refractivity contribution in [1.29, 1.82) is 0 Å². The van der Waals surface area contributed by atoms with Crippen molar-refractivity contribution in [1.82, 2.24) is 0 Å². The second kappa shape index (κ2) is 5.50. The number of aliphatic hydroxyl groups excluding tert-OH is 1. The van der Waals surface area contributed by atoms with E-state index in [9.17, 15) is 15.2 Å². The zero-order valence-corrected chi connectivity index (χ0v) is 8.85. The Morgan fingerprint density at radius 3 is 2.44 bits per heavy atom. The van der Waals surface area contributed by atoms with E-state index in [1.54, 1.807) is 0 Å². The van der Waals surface area contributed by atoms with E-state index in [0.717, 1.165) is 12.1 Å². The summed E-state index contributed by atoms with van der Waals surface area (Å²) < 4.78 is 0. The summed E-state index contributed by atoms with van der Waals surface area (Å²) in [4.78, 5) is 9.60. The Kier molecular flexibility index (Phi) is 4.96. The number of nitro groups is 1. The lowest BCUT2D eigenvalue weighted by molar-refractivity contribution is -0.386. The smallest absolute Gasteiger partial charge is 0.315 e. The van der Waals surface area contributed by atoms with Crippen LogP contribution in [0.15, 0.2) is 12.1 Å². The van der Waals surface area contributed by atoms with Crippen LogP contribution in [-0.2, 0) is 0 Å². The zero-order chi connectivity index (χ0) is 11.6. The van der Waals surface area contributed by atoms with Crippen molar-refractivity contribution < 1.29 is 20.2 Å². The molecule has 0 fully saturated rings. The number of nitrogens with two attached hydrogens (primary N) is 1. The minimum Gasteiger partial charge on any atom is -0.504 e. The lowest BCUT2D eigenvalue weighted by atomic mass is 10.1. The third kappa shape index (κ3) is 2.72. The predicted octanol–water partition coefficient (Wildman–Crippen LogP) is 0.420. The summed E-state index contributed by atoms with van der Waals surface area (Å²) >= 11 is 0. The molecule has 1 aromatic carbocycles. The average molecular weight is 251 g/mol. The highest BCUT2D eigenvalue weighted by molar-refractivity contribution is 5.85. The molecule has 90 valence electrons. The van der Waals surface area contributed by atoms with Gasteiger partial charge in [-0.2, -0.15) is 0 Å². The summed E-state index contributed by atoms with van der Waals surface area (Å²) in [7, 11) is 0. The van der Waals surface area contributed by atoms with Gasteiger partial charge in [-0.25, -0.2) is 0 Å². The quantitative estimate of drug-likeness (QED) is 0.349. The third-order valence-electron chi connectivity index (χ3n) is 1.90. The van der Waals surface area contributed by atoms with Crippen LogP contribution in [0.4, 0.5) is 5.69 Å². The van der Waals surface area contributed by atoms with Crippen molar-refractivity contribution in [2.75, 3.05) is 6.54 Å². The Morgan fingerprint density at radius 2 is 2.00 bits per heavy atom. The molecule has 1 rings (SSSR count). The van der Waals surface area contributed by atoms with E-state index in [0.29, 0.717) is 0 Å². The monoisotopic (exact) mass is 250 g/mol. The Balaban J connectivity index is 0.00000225. The van der Waals surface area contributed by atoms with Crippen molar-refractivity contribution in [2.24, 2.45) is 5.73 Å². The molecule has 0 spiro atoms. The first-order chi connectivity index (χ1) is 6.97. The fraction of sp³-hybridized carbons (Fsp3) is 0.250. The zero-order valence-electron chi connectivity index (χ0n) is 8.03. The van der Waals surface area contributed by atoms with Crippen LogP contribution in [0.25, 0.3) is 0 Å². The number of phenols is 2. The van der Waals surface area contributed by atoms with Crippen LogP contribution in [0.5, 0.6) is 11.5 Å². The normalized spacial score (nSPS) is 11.6. The summed E-state index contributed by atoms with van der Waals surface area (Å²) in [6.45, 7) is -0.138. The van der Waals surface area contributed by atoms with Crippen LogP contribution in [0, 0.1) is 10.1 Å². The lowest BCUT2D eigenvalue weighted by Gasteiger charge is -2.09. The van der Waals surface area contributed by atoms with Gasteiger partial charge < -0.3 is 21.1 Å². The van der Waals surface area contributed by atoms with E-state index in [4.69, 9.17) is 15.9 Å². The second-order valence-corrected chi connectivity index (χ2v) is 2.92. The lowest BCUT2D eigenvalue weighted by Crippen LogP contribution is -2.11. The van der Waals surface area contributed by atoms with Gasteiger partial charge >= 0.3 is 5.69 Å². The summed E-state index contributed by atoms with van der Waals surface area (Å²) in [5, 5.41) is 38.1. The number of nitrogens with zero attached hydrogens (tertiary/aromatic N) is 1. The number of phenolic OH excluding ortho intramolecular Hbond substituents is 2. The van der Waals surface area contributed by atoms with Crippen molar-refractivity contribution in [3.05, 3.63) is 27.8 Å². The molecule has 16 heavy (non-hydrogen) atoms. The largest absolute Gasteiger partial charge is 0.504 e. The van der Waals surface area contributed by atoms with E-state index in [1.165, 1.54) is 0 Å². The van der Waals surface area contributed by atoms with Gasteiger partial charge in [0.15, 0.2) is 5.75 Å². The molecule has 0 unspecified atom stereocenters.